The first kappa shape index (κ1) is 16.3. The highest BCUT2D eigenvalue weighted by molar-refractivity contribution is 5.50. The Kier molecular flexibility index (Phi) is 4.16. The maximum absolute atomic E-state index is 12.9. The van der Waals surface area contributed by atoms with Crippen LogP contribution < -0.4 is 4.90 Å². The highest BCUT2D eigenvalue weighted by Gasteiger charge is 2.35. The number of aromatic nitrogens is 1. The molecule has 0 radical (unpaired) electrons. The molecule has 4 nitrogen and oxygen atoms in total. The highest BCUT2D eigenvalue weighted by atomic mass is 19.4. The molecule has 1 fully saturated rings. The molecule has 24 heavy (non-hydrogen) atoms. The van der Waals surface area contributed by atoms with E-state index >= 15 is 0 Å². The molecule has 0 aliphatic carbocycles. The van der Waals surface area contributed by atoms with E-state index in [4.69, 9.17) is 5.26 Å². The van der Waals surface area contributed by atoms with Crippen LogP contribution in [0.2, 0.25) is 0 Å². The van der Waals surface area contributed by atoms with E-state index in [0.717, 1.165) is 12.1 Å². The van der Waals surface area contributed by atoms with Crippen LogP contribution >= 0.6 is 0 Å². The lowest BCUT2D eigenvalue weighted by Crippen LogP contribution is -2.24. The molecular formula is C17H14F3N3O. The summed E-state index contributed by atoms with van der Waals surface area (Å²) < 4.78 is 38.8. The molecule has 1 aliphatic rings. The van der Waals surface area contributed by atoms with Gasteiger partial charge in [-0.1, -0.05) is 12.1 Å². The zero-order valence-electron chi connectivity index (χ0n) is 12.5. The van der Waals surface area contributed by atoms with Gasteiger partial charge in [-0.3, -0.25) is 0 Å². The Hall–Kier alpha value is -2.59. The van der Waals surface area contributed by atoms with Gasteiger partial charge in [0.2, 0.25) is 0 Å². The third kappa shape index (κ3) is 3.19. The first-order valence-electron chi connectivity index (χ1n) is 7.36. The number of rotatable bonds is 2. The molecule has 1 saturated heterocycles. The van der Waals surface area contributed by atoms with E-state index in [2.05, 4.69) is 4.98 Å². The van der Waals surface area contributed by atoms with Crippen LogP contribution in [0.15, 0.2) is 42.6 Å². The first-order chi connectivity index (χ1) is 11.4. The topological polar surface area (TPSA) is 60.2 Å². The van der Waals surface area contributed by atoms with E-state index in [-0.39, 0.29) is 11.7 Å². The molecule has 124 valence electrons. The van der Waals surface area contributed by atoms with Gasteiger partial charge in [-0.05, 0) is 36.2 Å². The van der Waals surface area contributed by atoms with Crippen LogP contribution in [0.25, 0.3) is 0 Å². The van der Waals surface area contributed by atoms with Crippen molar-refractivity contribution in [1.82, 2.24) is 4.98 Å². The molecule has 0 spiro atoms. The Balaban J connectivity index is 1.95. The van der Waals surface area contributed by atoms with Crippen molar-refractivity contribution in [3.63, 3.8) is 0 Å². The Bertz CT molecular complexity index is 768. The Morgan fingerprint density at radius 1 is 1.25 bits per heavy atom. The summed E-state index contributed by atoms with van der Waals surface area (Å²) in [6.45, 7) is 0.300. The summed E-state index contributed by atoms with van der Waals surface area (Å²) in [6, 6.07) is 9.92. The molecule has 7 heteroatoms. The normalized spacial score (nSPS) is 20.9. The fourth-order valence-electron chi connectivity index (χ4n) is 2.96. The minimum atomic E-state index is -4.41. The maximum atomic E-state index is 12.9. The van der Waals surface area contributed by atoms with E-state index in [1.807, 2.05) is 11.0 Å². The Morgan fingerprint density at radius 2 is 2.04 bits per heavy atom. The number of halogens is 3. The van der Waals surface area contributed by atoms with Gasteiger partial charge in [-0.15, -0.1) is 0 Å². The van der Waals surface area contributed by atoms with Crippen LogP contribution in [-0.4, -0.2) is 22.7 Å². The molecule has 0 unspecified atom stereocenters. The van der Waals surface area contributed by atoms with Gasteiger partial charge in [-0.2, -0.15) is 18.4 Å². The standard InChI is InChI=1S/C17H14F3N3O/c18-17(19,20)12-3-1-2-11(6-12)16-7-15(24)10-23(16)14-5-4-13(8-21)22-9-14/h1-6,9,15-16,24H,7,10H2/t15-,16+/m1/s1. The average Bonchev–Trinajstić information content (AvgIpc) is 2.96. The lowest BCUT2D eigenvalue weighted by molar-refractivity contribution is -0.137. The highest BCUT2D eigenvalue weighted by Crippen LogP contribution is 2.38. The van der Waals surface area contributed by atoms with Gasteiger partial charge < -0.3 is 10.0 Å². The lowest BCUT2D eigenvalue weighted by atomic mass is 10.0. The monoisotopic (exact) mass is 333 g/mol. The van der Waals surface area contributed by atoms with E-state index < -0.39 is 17.8 Å². The first-order valence-corrected chi connectivity index (χ1v) is 7.36. The number of aliphatic hydroxyl groups excluding tert-OH is 1. The quantitative estimate of drug-likeness (QED) is 0.916. The molecular weight excluding hydrogens is 319 g/mol. The molecule has 2 heterocycles. The molecule has 1 aliphatic heterocycles. The number of hydrogen-bond donors (Lipinski definition) is 1. The van der Waals surface area contributed by atoms with Crippen molar-refractivity contribution in [2.75, 3.05) is 11.4 Å². The number of benzene rings is 1. The largest absolute Gasteiger partial charge is 0.416 e. The van der Waals surface area contributed by atoms with Crippen LogP contribution in [0, 0.1) is 11.3 Å². The zero-order chi connectivity index (χ0) is 17.3. The van der Waals surface area contributed by atoms with E-state index in [1.165, 1.54) is 12.3 Å². The van der Waals surface area contributed by atoms with Crippen LogP contribution in [0.1, 0.15) is 29.3 Å². The molecule has 0 amide bonds. The van der Waals surface area contributed by atoms with Gasteiger partial charge in [0.1, 0.15) is 11.8 Å². The van der Waals surface area contributed by atoms with E-state index in [0.29, 0.717) is 24.2 Å². The van der Waals surface area contributed by atoms with Crippen molar-refractivity contribution in [2.24, 2.45) is 0 Å². The molecule has 1 aromatic heterocycles. The van der Waals surface area contributed by atoms with Crippen LogP contribution in [0.3, 0.4) is 0 Å². The molecule has 0 bridgehead atoms. The number of alkyl halides is 3. The molecule has 1 N–H and O–H groups in total. The lowest BCUT2D eigenvalue weighted by Gasteiger charge is -2.27. The molecule has 3 rings (SSSR count). The van der Waals surface area contributed by atoms with Crippen LogP contribution in [0.5, 0.6) is 0 Å². The summed E-state index contributed by atoms with van der Waals surface area (Å²) in [5.74, 6) is 0. The van der Waals surface area contributed by atoms with Crippen molar-refractivity contribution in [2.45, 2.75) is 24.7 Å². The maximum Gasteiger partial charge on any atom is 0.416 e. The SMILES string of the molecule is N#Cc1ccc(N2C[C@H](O)C[C@H]2c2cccc(C(F)(F)F)c2)cn1. The molecule has 0 saturated carbocycles. The average molecular weight is 333 g/mol. The number of pyridine rings is 1. The summed E-state index contributed by atoms with van der Waals surface area (Å²) in [5, 5.41) is 18.8. The zero-order valence-corrected chi connectivity index (χ0v) is 12.5. The number of nitriles is 1. The minimum absolute atomic E-state index is 0.258. The molecule has 2 atom stereocenters. The van der Waals surface area contributed by atoms with Crippen molar-refractivity contribution in [3.8, 4) is 6.07 Å². The minimum Gasteiger partial charge on any atom is -0.391 e. The second kappa shape index (κ2) is 6.13. The van der Waals surface area contributed by atoms with Crippen molar-refractivity contribution in [3.05, 3.63) is 59.4 Å². The number of anilines is 1. The second-order valence-corrected chi connectivity index (χ2v) is 5.69. The third-order valence-electron chi connectivity index (χ3n) is 4.07. The second-order valence-electron chi connectivity index (χ2n) is 5.69. The fraction of sp³-hybridized carbons (Fsp3) is 0.294. The van der Waals surface area contributed by atoms with Gasteiger partial charge in [0.05, 0.1) is 29.6 Å². The van der Waals surface area contributed by atoms with Crippen LogP contribution in [0.4, 0.5) is 18.9 Å². The number of β-amino-alcohol motifs (C(OH)–C–C–N with tert-alkyl or cyclic N) is 1. The summed E-state index contributed by atoms with van der Waals surface area (Å²) in [4.78, 5) is 5.80. The van der Waals surface area contributed by atoms with E-state index in [9.17, 15) is 18.3 Å². The summed E-state index contributed by atoms with van der Waals surface area (Å²) in [5.41, 5.74) is 0.701. The van der Waals surface area contributed by atoms with Crippen molar-refractivity contribution < 1.29 is 18.3 Å². The fourth-order valence-corrected chi connectivity index (χ4v) is 2.96. The van der Waals surface area contributed by atoms with Gasteiger partial charge in [-0.25, -0.2) is 4.98 Å². The predicted octanol–water partition coefficient (Wildman–Crippen LogP) is 3.28. The smallest absolute Gasteiger partial charge is 0.391 e. The summed E-state index contributed by atoms with van der Waals surface area (Å²) in [6.07, 6.45) is -3.22. The van der Waals surface area contributed by atoms with Gasteiger partial charge in [0.25, 0.3) is 0 Å². The number of hydrogen-bond acceptors (Lipinski definition) is 4. The van der Waals surface area contributed by atoms with E-state index in [1.54, 1.807) is 18.2 Å². The number of aliphatic hydroxyl groups is 1. The van der Waals surface area contributed by atoms with Gasteiger partial charge >= 0.3 is 6.18 Å². The van der Waals surface area contributed by atoms with Crippen molar-refractivity contribution in [1.29, 1.82) is 5.26 Å². The molecule has 1 aromatic carbocycles. The number of nitrogens with zero attached hydrogens (tertiary/aromatic N) is 3. The predicted molar refractivity (Wildman–Crippen MR) is 81.1 cm³/mol. The summed E-state index contributed by atoms with van der Waals surface area (Å²) >= 11 is 0. The van der Waals surface area contributed by atoms with Crippen molar-refractivity contribution >= 4 is 5.69 Å². The van der Waals surface area contributed by atoms with Crippen LogP contribution in [-0.2, 0) is 6.18 Å². The third-order valence-corrected chi connectivity index (χ3v) is 4.07. The Labute approximate surface area is 136 Å². The summed E-state index contributed by atoms with van der Waals surface area (Å²) in [7, 11) is 0. The molecule has 2 aromatic rings. The van der Waals surface area contributed by atoms with Gasteiger partial charge in [0, 0.05) is 6.54 Å². The Morgan fingerprint density at radius 3 is 2.67 bits per heavy atom. The van der Waals surface area contributed by atoms with Gasteiger partial charge in [0.15, 0.2) is 0 Å².